The second-order valence-electron chi connectivity index (χ2n) is 8.92. The van der Waals surface area contributed by atoms with E-state index in [0.29, 0.717) is 36.3 Å². The number of ether oxygens (including phenoxy) is 4. The molecule has 1 aromatic heterocycles. The van der Waals surface area contributed by atoms with Crippen LogP contribution >= 0.6 is 0 Å². The first kappa shape index (κ1) is 27.4. The van der Waals surface area contributed by atoms with Crippen molar-refractivity contribution < 1.29 is 36.9 Å². The molecule has 0 amide bonds. The summed E-state index contributed by atoms with van der Waals surface area (Å²) in [6.45, 7) is 8.51. The van der Waals surface area contributed by atoms with Gasteiger partial charge in [0, 0.05) is 38.0 Å². The Hall–Kier alpha value is -3.21. The number of esters is 1. The van der Waals surface area contributed by atoms with E-state index in [1.807, 2.05) is 25.8 Å². The number of rotatable bonds is 10. The lowest BCUT2D eigenvalue weighted by Gasteiger charge is -2.45. The van der Waals surface area contributed by atoms with Crippen LogP contribution < -0.4 is 19.9 Å². The SMILES string of the molecule is CCOC(=O)c1cn2c(cc1=O)-c1cc(OC(F)(F)F)c(OCCCOC)cc1CN2C(C)(C)CC. The molecule has 0 saturated carbocycles. The highest BCUT2D eigenvalue weighted by atomic mass is 19.4. The number of aromatic nitrogens is 1. The predicted molar refractivity (Wildman–Crippen MR) is 127 cm³/mol. The lowest BCUT2D eigenvalue weighted by Crippen LogP contribution is -2.52. The number of methoxy groups -OCH3 is 1. The first-order valence-electron chi connectivity index (χ1n) is 11.7. The molecule has 0 fully saturated rings. The van der Waals surface area contributed by atoms with Crippen LogP contribution in [0.1, 0.15) is 56.5 Å². The number of hydrogen-bond acceptors (Lipinski definition) is 7. The van der Waals surface area contributed by atoms with Gasteiger partial charge in [-0.05, 0) is 44.9 Å². The highest BCUT2D eigenvalue weighted by molar-refractivity contribution is 5.89. The largest absolute Gasteiger partial charge is 0.573 e. The number of hydrogen-bond donors (Lipinski definition) is 0. The number of nitrogens with zero attached hydrogens (tertiary/aromatic N) is 2. The molecule has 0 spiro atoms. The average Bonchev–Trinajstić information content (AvgIpc) is 2.80. The molecule has 11 heteroatoms. The fourth-order valence-electron chi connectivity index (χ4n) is 3.89. The van der Waals surface area contributed by atoms with Gasteiger partial charge < -0.3 is 24.0 Å². The number of carbonyl (C=O) groups is 1. The number of carbonyl (C=O) groups excluding carboxylic acids is 1. The maximum absolute atomic E-state index is 13.2. The standard InChI is InChI=1S/C25H31F3N2O6/c1-6-24(3,4)30-14-16-11-21(35-10-8-9-33-5)22(36-25(26,27)28)12-17(16)19-13-20(31)18(15-29(19)30)23(32)34-7-2/h11-13,15H,6-10,14H2,1-5H3. The molecule has 198 valence electrons. The summed E-state index contributed by atoms with van der Waals surface area (Å²) in [4.78, 5) is 25.2. The van der Waals surface area contributed by atoms with E-state index in [9.17, 15) is 22.8 Å². The summed E-state index contributed by atoms with van der Waals surface area (Å²) in [5.41, 5.74) is 0.151. The van der Waals surface area contributed by atoms with Crippen LogP contribution in [0, 0.1) is 0 Å². The van der Waals surface area contributed by atoms with Crippen LogP contribution in [0.2, 0.25) is 0 Å². The smallest absolute Gasteiger partial charge is 0.490 e. The van der Waals surface area contributed by atoms with Crippen molar-refractivity contribution in [2.45, 2.75) is 59.0 Å². The Morgan fingerprint density at radius 1 is 1.08 bits per heavy atom. The Morgan fingerprint density at radius 2 is 1.81 bits per heavy atom. The number of alkyl halides is 3. The maximum Gasteiger partial charge on any atom is 0.573 e. The molecular formula is C25H31F3N2O6. The van der Waals surface area contributed by atoms with E-state index >= 15 is 0 Å². The monoisotopic (exact) mass is 512 g/mol. The molecular weight excluding hydrogens is 481 g/mol. The van der Waals surface area contributed by atoms with E-state index in [0.717, 1.165) is 0 Å². The molecule has 0 unspecified atom stereocenters. The number of pyridine rings is 1. The maximum atomic E-state index is 13.2. The van der Waals surface area contributed by atoms with Gasteiger partial charge in [-0.3, -0.25) is 9.47 Å². The second-order valence-corrected chi connectivity index (χ2v) is 8.92. The Labute approximate surface area is 207 Å². The fourth-order valence-corrected chi connectivity index (χ4v) is 3.89. The van der Waals surface area contributed by atoms with E-state index in [2.05, 4.69) is 4.74 Å². The van der Waals surface area contributed by atoms with Gasteiger partial charge in [-0.2, -0.15) is 0 Å². The molecule has 0 radical (unpaired) electrons. The Balaban J connectivity index is 2.20. The predicted octanol–water partition coefficient (Wildman–Crippen LogP) is 4.65. The highest BCUT2D eigenvalue weighted by Crippen LogP contribution is 2.42. The lowest BCUT2D eigenvalue weighted by molar-refractivity contribution is -0.275. The molecule has 2 aromatic rings. The third kappa shape index (κ3) is 5.95. The molecule has 0 bridgehead atoms. The van der Waals surface area contributed by atoms with E-state index in [-0.39, 0.29) is 31.1 Å². The van der Waals surface area contributed by atoms with Crippen molar-refractivity contribution in [1.29, 1.82) is 0 Å². The lowest BCUT2D eigenvalue weighted by atomic mass is 9.95. The zero-order chi connectivity index (χ0) is 26.7. The first-order valence-corrected chi connectivity index (χ1v) is 11.7. The molecule has 0 saturated heterocycles. The van der Waals surface area contributed by atoms with Crippen LogP contribution in [-0.4, -0.2) is 49.5 Å². The average molecular weight is 513 g/mol. The quantitative estimate of drug-likeness (QED) is 0.339. The molecule has 3 rings (SSSR count). The van der Waals surface area contributed by atoms with Gasteiger partial charge in [-0.1, -0.05) is 6.92 Å². The molecule has 1 aliphatic rings. The normalized spacial score (nSPS) is 13.2. The highest BCUT2D eigenvalue weighted by Gasteiger charge is 2.36. The van der Waals surface area contributed by atoms with Gasteiger partial charge in [0.05, 0.1) is 31.0 Å². The van der Waals surface area contributed by atoms with Crippen LogP contribution in [0.5, 0.6) is 11.5 Å². The second kappa shape index (κ2) is 10.8. The minimum Gasteiger partial charge on any atom is -0.490 e. The fraction of sp³-hybridized carbons (Fsp3) is 0.520. The zero-order valence-corrected chi connectivity index (χ0v) is 21.0. The molecule has 8 nitrogen and oxygen atoms in total. The van der Waals surface area contributed by atoms with Crippen molar-refractivity contribution in [3.63, 3.8) is 0 Å². The summed E-state index contributed by atoms with van der Waals surface area (Å²) >= 11 is 0. The van der Waals surface area contributed by atoms with Crippen molar-refractivity contribution in [2.75, 3.05) is 31.9 Å². The van der Waals surface area contributed by atoms with Crippen LogP contribution in [0.3, 0.4) is 0 Å². The van der Waals surface area contributed by atoms with Crippen LogP contribution in [0.25, 0.3) is 11.3 Å². The Bertz CT molecular complexity index is 1160. The van der Waals surface area contributed by atoms with Crippen LogP contribution in [-0.2, 0) is 16.0 Å². The van der Waals surface area contributed by atoms with Gasteiger partial charge in [-0.15, -0.1) is 13.2 Å². The molecule has 0 aliphatic carbocycles. The van der Waals surface area contributed by atoms with Gasteiger partial charge in [0.2, 0.25) is 0 Å². The third-order valence-corrected chi connectivity index (χ3v) is 6.09. The van der Waals surface area contributed by atoms with Crippen molar-refractivity contribution in [3.05, 3.63) is 45.7 Å². The Kier molecular flexibility index (Phi) is 8.22. The molecule has 0 N–H and O–H groups in total. The molecule has 1 aliphatic heterocycles. The summed E-state index contributed by atoms with van der Waals surface area (Å²) < 4.78 is 61.2. The summed E-state index contributed by atoms with van der Waals surface area (Å²) in [6.07, 6.45) is -2.38. The first-order chi connectivity index (χ1) is 16.9. The van der Waals surface area contributed by atoms with Crippen molar-refractivity contribution in [2.24, 2.45) is 0 Å². The van der Waals surface area contributed by atoms with Gasteiger partial charge in [0.1, 0.15) is 5.56 Å². The molecule has 36 heavy (non-hydrogen) atoms. The van der Waals surface area contributed by atoms with Gasteiger partial charge in [0.25, 0.3) is 0 Å². The number of fused-ring (bicyclic) bond motifs is 3. The summed E-state index contributed by atoms with van der Waals surface area (Å²) in [7, 11) is 1.52. The van der Waals surface area contributed by atoms with E-state index in [1.165, 1.54) is 31.5 Å². The molecule has 1 aromatic carbocycles. The topological polar surface area (TPSA) is 79.2 Å². The Morgan fingerprint density at radius 3 is 2.42 bits per heavy atom. The van der Waals surface area contributed by atoms with E-state index in [4.69, 9.17) is 14.2 Å². The van der Waals surface area contributed by atoms with Crippen molar-refractivity contribution in [3.8, 4) is 22.8 Å². The van der Waals surface area contributed by atoms with Gasteiger partial charge >= 0.3 is 12.3 Å². The van der Waals surface area contributed by atoms with Crippen molar-refractivity contribution in [1.82, 2.24) is 4.68 Å². The minimum absolute atomic E-state index is 0.0598. The number of benzene rings is 1. The van der Waals surface area contributed by atoms with Gasteiger partial charge in [-0.25, -0.2) is 4.79 Å². The van der Waals surface area contributed by atoms with Crippen molar-refractivity contribution >= 4 is 5.97 Å². The molecule has 2 heterocycles. The zero-order valence-electron chi connectivity index (χ0n) is 21.0. The summed E-state index contributed by atoms with van der Waals surface area (Å²) in [6, 6.07) is 3.97. The minimum atomic E-state index is -4.95. The summed E-state index contributed by atoms with van der Waals surface area (Å²) in [5, 5.41) is 1.95. The van der Waals surface area contributed by atoms with Gasteiger partial charge in [0.15, 0.2) is 16.9 Å². The molecule has 0 atom stereocenters. The van der Waals surface area contributed by atoms with Crippen LogP contribution in [0.15, 0.2) is 29.2 Å². The van der Waals surface area contributed by atoms with E-state index in [1.54, 1.807) is 11.6 Å². The summed E-state index contributed by atoms with van der Waals surface area (Å²) in [5.74, 6) is -1.34. The van der Waals surface area contributed by atoms with E-state index < -0.39 is 29.0 Å². The number of halogens is 3. The third-order valence-electron chi connectivity index (χ3n) is 6.09. The van der Waals surface area contributed by atoms with Crippen LogP contribution in [0.4, 0.5) is 13.2 Å².